The Morgan fingerprint density at radius 2 is 1.68 bits per heavy atom. The van der Waals surface area contributed by atoms with E-state index >= 15 is 0 Å². The molecule has 28 heavy (non-hydrogen) atoms. The first-order valence-electron chi connectivity index (χ1n) is 7.76. The quantitative estimate of drug-likeness (QED) is 0.401. The monoisotopic (exact) mass is 394 g/mol. The lowest BCUT2D eigenvalue weighted by molar-refractivity contribution is -0.389. The van der Waals surface area contributed by atoms with Gasteiger partial charge in [-0.25, -0.2) is 0 Å². The number of H-pyrrole nitrogens is 2. The van der Waals surface area contributed by atoms with Crippen LogP contribution in [0.3, 0.4) is 0 Å². The molecule has 3 rings (SSSR count). The molecule has 1 aliphatic heterocycles. The lowest BCUT2D eigenvalue weighted by Crippen LogP contribution is -2.67. The lowest BCUT2D eigenvalue weighted by atomic mass is 9.93. The van der Waals surface area contributed by atoms with Gasteiger partial charge in [0.1, 0.15) is 5.60 Å². The van der Waals surface area contributed by atoms with Gasteiger partial charge in [-0.3, -0.25) is 9.59 Å². The van der Waals surface area contributed by atoms with Gasteiger partial charge < -0.3 is 35.1 Å². The largest absolute Gasteiger partial charge is 0.384 e. The number of β-amino-alcohol motifs (C(OH)–C–C–N with tert-alkyl or cyclic N) is 1. The molecule has 0 saturated carbocycles. The highest BCUT2D eigenvalue weighted by atomic mass is 16.6. The van der Waals surface area contributed by atoms with Gasteiger partial charge in [0.15, 0.2) is 11.4 Å². The van der Waals surface area contributed by atoms with E-state index in [2.05, 4.69) is 20.4 Å². The molecule has 148 valence electrons. The molecule has 0 atom stereocenters. The van der Waals surface area contributed by atoms with E-state index < -0.39 is 38.9 Å². The highest BCUT2D eigenvalue weighted by Gasteiger charge is 2.46. The fourth-order valence-electron chi connectivity index (χ4n) is 2.81. The first kappa shape index (κ1) is 18.9. The molecule has 2 aromatic rings. The maximum Gasteiger partial charge on any atom is 0.343 e. The summed E-state index contributed by atoms with van der Waals surface area (Å²) in [5, 5.41) is 43.1. The van der Waals surface area contributed by atoms with E-state index in [1.165, 1.54) is 11.9 Å². The van der Waals surface area contributed by atoms with Crippen molar-refractivity contribution in [2.75, 3.05) is 26.7 Å². The van der Waals surface area contributed by atoms with E-state index in [1.54, 1.807) is 0 Å². The Morgan fingerprint density at radius 1 is 1.18 bits per heavy atom. The summed E-state index contributed by atoms with van der Waals surface area (Å²) in [5.41, 5.74) is -1.75. The molecule has 2 aromatic heterocycles. The topological polar surface area (TPSA) is 204 Å². The van der Waals surface area contributed by atoms with Gasteiger partial charge in [-0.1, -0.05) is 10.2 Å². The van der Waals surface area contributed by atoms with Crippen molar-refractivity contribution >= 4 is 23.5 Å². The van der Waals surface area contributed by atoms with Crippen LogP contribution < -0.4 is 0 Å². The van der Waals surface area contributed by atoms with Gasteiger partial charge in [-0.2, -0.15) is 0 Å². The minimum absolute atomic E-state index is 0.120. The molecule has 0 spiro atoms. The third-order valence-electron chi connectivity index (χ3n) is 4.10. The summed E-state index contributed by atoms with van der Waals surface area (Å²) >= 11 is 0. The lowest BCUT2D eigenvalue weighted by Gasteiger charge is -2.47. The Balaban J connectivity index is 1.58. The van der Waals surface area contributed by atoms with Gasteiger partial charge in [0.25, 0.3) is 11.8 Å². The highest BCUT2D eigenvalue weighted by molar-refractivity contribution is 5.94. The van der Waals surface area contributed by atoms with Crippen molar-refractivity contribution in [1.29, 1.82) is 0 Å². The van der Waals surface area contributed by atoms with Crippen molar-refractivity contribution in [2.45, 2.75) is 5.60 Å². The second kappa shape index (κ2) is 6.69. The van der Waals surface area contributed by atoms with Gasteiger partial charge in [0, 0.05) is 7.05 Å². The summed E-state index contributed by atoms with van der Waals surface area (Å²) in [5.74, 6) is -2.13. The minimum atomic E-state index is -1.40. The molecule has 0 aliphatic carbocycles. The minimum Gasteiger partial charge on any atom is -0.384 e. The van der Waals surface area contributed by atoms with Crippen LogP contribution >= 0.6 is 0 Å². The number of hydrogen-bond donors (Lipinski definition) is 3. The highest BCUT2D eigenvalue weighted by Crippen LogP contribution is 2.25. The summed E-state index contributed by atoms with van der Waals surface area (Å²) in [6, 6.07) is 1.96. The fraction of sp³-hybridized carbons (Fsp3) is 0.385. The molecule has 0 unspecified atom stereocenters. The zero-order valence-electron chi connectivity index (χ0n) is 14.4. The van der Waals surface area contributed by atoms with Crippen LogP contribution in [0.25, 0.3) is 0 Å². The average Bonchev–Trinajstić information content (AvgIpc) is 3.27. The summed E-state index contributed by atoms with van der Waals surface area (Å²) in [6.07, 6.45) is 0. The average molecular weight is 394 g/mol. The number of amides is 2. The standard InChI is InChI=1S/C13H14N8O7/c1-18(11(22)7-2-9(16-14-7)20(25)26)4-13(24)5-19(6-13)12(23)8-3-10(17-15-8)21(27)28/h2-3,24H,4-6H2,1H3,(H,14,16)(H,15,17). The number of likely N-dealkylation sites (N-methyl/N-ethyl adjacent to an activating group) is 1. The molecule has 2 amide bonds. The molecule has 0 radical (unpaired) electrons. The van der Waals surface area contributed by atoms with E-state index in [4.69, 9.17) is 0 Å². The summed E-state index contributed by atoms with van der Waals surface area (Å²) in [6.45, 7) is -0.396. The number of hydrogen-bond acceptors (Lipinski definition) is 9. The van der Waals surface area contributed by atoms with Crippen LogP contribution in [0.5, 0.6) is 0 Å². The predicted octanol–water partition coefficient (Wildman–Crippen LogP) is -1.09. The van der Waals surface area contributed by atoms with E-state index in [9.17, 15) is 34.9 Å². The number of carbonyl (C=O) groups is 2. The van der Waals surface area contributed by atoms with Gasteiger partial charge >= 0.3 is 11.6 Å². The number of nitrogens with one attached hydrogen (secondary N) is 2. The summed E-state index contributed by atoms with van der Waals surface area (Å²) < 4.78 is 0. The van der Waals surface area contributed by atoms with Crippen LogP contribution in [0.15, 0.2) is 12.1 Å². The molecule has 0 bridgehead atoms. The number of aromatic amines is 2. The number of likely N-dealkylation sites (tertiary alicyclic amines) is 1. The van der Waals surface area contributed by atoms with E-state index in [0.717, 1.165) is 17.0 Å². The summed E-state index contributed by atoms with van der Waals surface area (Å²) in [4.78, 5) is 46.6. The molecular weight excluding hydrogens is 380 g/mol. The third-order valence-corrected chi connectivity index (χ3v) is 4.10. The number of carbonyl (C=O) groups excluding carboxylic acids is 2. The maximum atomic E-state index is 12.3. The molecule has 0 aromatic carbocycles. The van der Waals surface area contributed by atoms with Crippen LogP contribution in [0.1, 0.15) is 21.0 Å². The second-order valence-corrected chi connectivity index (χ2v) is 6.34. The second-order valence-electron chi connectivity index (χ2n) is 6.34. The van der Waals surface area contributed by atoms with Crippen molar-refractivity contribution in [1.82, 2.24) is 30.2 Å². The van der Waals surface area contributed by atoms with Crippen molar-refractivity contribution in [3.8, 4) is 0 Å². The van der Waals surface area contributed by atoms with Gasteiger partial charge in [0.05, 0.1) is 31.8 Å². The normalized spacial score (nSPS) is 15.0. The number of rotatable bonds is 6. The first-order chi connectivity index (χ1) is 13.1. The van der Waals surface area contributed by atoms with Crippen molar-refractivity contribution in [3.05, 3.63) is 43.7 Å². The number of aliphatic hydroxyl groups is 1. The Labute approximate surface area is 155 Å². The zero-order valence-corrected chi connectivity index (χ0v) is 14.4. The number of nitro groups is 2. The zero-order chi connectivity index (χ0) is 20.6. The molecule has 3 N–H and O–H groups in total. The molecular formula is C13H14N8O7. The molecule has 3 heterocycles. The predicted molar refractivity (Wildman–Crippen MR) is 88.3 cm³/mol. The van der Waals surface area contributed by atoms with E-state index in [1.807, 2.05) is 0 Å². The van der Waals surface area contributed by atoms with Gasteiger partial charge in [-0.05, 0) is 9.85 Å². The Bertz CT molecular complexity index is 960. The Kier molecular flexibility index (Phi) is 4.52. The van der Waals surface area contributed by atoms with E-state index in [0.29, 0.717) is 0 Å². The van der Waals surface area contributed by atoms with Gasteiger partial charge in [0.2, 0.25) is 0 Å². The Morgan fingerprint density at radius 3 is 2.18 bits per heavy atom. The SMILES string of the molecule is CN(CC1(O)CN(C(=O)c2cc([N+](=O)[O-])[nH]n2)C1)C(=O)c1cc([N+](=O)[O-])[nH]n1. The van der Waals surface area contributed by atoms with Crippen LogP contribution in [0, 0.1) is 20.2 Å². The molecule has 1 aliphatic rings. The van der Waals surface area contributed by atoms with Crippen molar-refractivity contribution in [3.63, 3.8) is 0 Å². The van der Waals surface area contributed by atoms with Crippen molar-refractivity contribution in [2.24, 2.45) is 0 Å². The third kappa shape index (κ3) is 3.50. The molecule has 1 saturated heterocycles. The molecule has 15 heteroatoms. The fourth-order valence-corrected chi connectivity index (χ4v) is 2.81. The van der Waals surface area contributed by atoms with E-state index in [-0.39, 0.29) is 31.0 Å². The molecule has 15 nitrogen and oxygen atoms in total. The maximum absolute atomic E-state index is 12.3. The number of aromatic nitrogens is 4. The van der Waals surface area contributed by atoms with Crippen LogP contribution in [-0.4, -0.2) is 89.2 Å². The van der Waals surface area contributed by atoms with Crippen LogP contribution in [0.2, 0.25) is 0 Å². The molecule has 1 fully saturated rings. The Hall–Kier alpha value is -3.88. The van der Waals surface area contributed by atoms with Crippen molar-refractivity contribution < 1.29 is 24.5 Å². The van der Waals surface area contributed by atoms with Crippen LogP contribution in [-0.2, 0) is 0 Å². The summed E-state index contributed by atoms with van der Waals surface area (Å²) in [7, 11) is 1.38. The van der Waals surface area contributed by atoms with Crippen LogP contribution in [0.4, 0.5) is 11.6 Å². The van der Waals surface area contributed by atoms with Gasteiger partial charge in [-0.15, -0.1) is 10.2 Å². The first-order valence-corrected chi connectivity index (χ1v) is 7.76. The smallest absolute Gasteiger partial charge is 0.343 e. The number of nitrogens with zero attached hydrogens (tertiary/aromatic N) is 6.